The summed E-state index contributed by atoms with van der Waals surface area (Å²) in [5.74, 6) is -1.59. The largest absolute Gasteiger partial charge is 0.507 e. The molecule has 0 aliphatic carbocycles. The van der Waals surface area contributed by atoms with Crippen LogP contribution in [0.25, 0.3) is 0 Å². The summed E-state index contributed by atoms with van der Waals surface area (Å²) in [4.78, 5) is 23.0. The van der Waals surface area contributed by atoms with Crippen LogP contribution in [0.4, 0.5) is 0 Å². The number of carbonyl (C=O) groups is 2. The van der Waals surface area contributed by atoms with Crippen LogP contribution in [0.3, 0.4) is 0 Å². The van der Waals surface area contributed by atoms with Gasteiger partial charge in [0.2, 0.25) is 0 Å². The van der Waals surface area contributed by atoms with Crippen LogP contribution in [0.1, 0.15) is 189 Å². The van der Waals surface area contributed by atoms with Gasteiger partial charge in [-0.15, -0.1) is 0 Å². The quantitative estimate of drug-likeness (QED) is 0.0771. The molecule has 4 N–H and O–H groups in total. The monoisotopic (exact) mass is 561 g/mol. The molecule has 1 aromatic carbocycles. The molecule has 1 aromatic rings. The Labute approximate surface area is 246 Å². The van der Waals surface area contributed by atoms with Crippen molar-refractivity contribution in [3.63, 3.8) is 0 Å². The minimum atomic E-state index is -1.22. The summed E-state index contributed by atoms with van der Waals surface area (Å²) in [6.07, 6.45) is 31.0. The lowest BCUT2D eigenvalue weighted by molar-refractivity contribution is 0.0693. The van der Waals surface area contributed by atoms with E-state index in [2.05, 4.69) is 13.8 Å². The van der Waals surface area contributed by atoms with E-state index in [1.54, 1.807) is 0 Å². The number of nitrogens with two attached hydrogens (primary N) is 1. The minimum Gasteiger partial charge on any atom is -0.507 e. The molecule has 0 bridgehead atoms. The van der Waals surface area contributed by atoms with Gasteiger partial charge in [-0.05, 0) is 37.6 Å². The molecule has 0 heterocycles. The Morgan fingerprint density at radius 1 is 0.600 bits per heavy atom. The molecule has 0 aliphatic rings. The second-order valence-electron chi connectivity index (χ2n) is 11.4. The fourth-order valence-electron chi connectivity index (χ4n) is 4.96. The van der Waals surface area contributed by atoms with Gasteiger partial charge in [0.15, 0.2) is 5.78 Å². The average Bonchev–Trinajstić information content (AvgIpc) is 2.95. The van der Waals surface area contributed by atoms with E-state index in [1.807, 2.05) is 0 Å². The van der Waals surface area contributed by atoms with Crippen LogP contribution >= 0.6 is 0 Å². The highest BCUT2D eigenvalue weighted by atomic mass is 16.4. The standard InChI is InChI=1S/C19H28O4.C16H35N/c1-2-3-4-5-6-7-8-9-10-11-17(20)15-12-13-18(21)16(14-15)19(22)23;1-2-3-4-5-6-7-8-9-10-11-12-13-14-15-16-17/h12-14,21H,2-11H2,1H3,(H,22,23);2-17H2,1H3. The van der Waals surface area contributed by atoms with Crippen LogP contribution in [-0.2, 0) is 0 Å². The van der Waals surface area contributed by atoms with E-state index in [0.29, 0.717) is 12.0 Å². The number of ketones is 1. The number of carboxylic acids is 1. The molecule has 5 nitrogen and oxygen atoms in total. The molecule has 1 rings (SSSR count). The van der Waals surface area contributed by atoms with Crippen molar-refractivity contribution >= 4 is 11.8 Å². The van der Waals surface area contributed by atoms with Crippen molar-refractivity contribution in [2.24, 2.45) is 5.73 Å². The molecule has 0 amide bonds. The molecule has 0 unspecified atom stereocenters. The van der Waals surface area contributed by atoms with Gasteiger partial charge in [-0.1, -0.05) is 149 Å². The number of carbonyl (C=O) groups excluding carboxylic acids is 1. The number of aromatic hydroxyl groups is 1. The maximum absolute atomic E-state index is 12.1. The molecule has 0 fully saturated rings. The topological polar surface area (TPSA) is 101 Å². The van der Waals surface area contributed by atoms with Gasteiger partial charge in [0.25, 0.3) is 0 Å². The summed E-state index contributed by atoms with van der Waals surface area (Å²) in [6, 6.07) is 4.01. The van der Waals surface area contributed by atoms with E-state index in [-0.39, 0.29) is 17.1 Å². The van der Waals surface area contributed by atoms with E-state index >= 15 is 0 Å². The minimum absolute atomic E-state index is 0.0598. The average molecular weight is 562 g/mol. The molecule has 0 spiro atoms. The summed E-state index contributed by atoms with van der Waals surface area (Å²) < 4.78 is 0. The van der Waals surface area contributed by atoms with E-state index in [9.17, 15) is 14.7 Å². The summed E-state index contributed by atoms with van der Waals surface area (Å²) in [5.41, 5.74) is 5.61. The zero-order valence-electron chi connectivity index (χ0n) is 26.2. The summed E-state index contributed by atoms with van der Waals surface area (Å²) in [6.45, 7) is 5.37. The first kappa shape index (κ1) is 38.1. The number of carboxylic acid groups (broad SMARTS) is 1. The lowest BCUT2D eigenvalue weighted by Gasteiger charge is -2.05. The highest BCUT2D eigenvalue weighted by molar-refractivity contribution is 5.99. The Kier molecular flexibility index (Phi) is 27.3. The lowest BCUT2D eigenvalue weighted by Crippen LogP contribution is -2.03. The van der Waals surface area contributed by atoms with Crippen molar-refractivity contribution in [3.05, 3.63) is 29.3 Å². The predicted molar refractivity (Wildman–Crippen MR) is 171 cm³/mol. The highest BCUT2D eigenvalue weighted by Gasteiger charge is 2.13. The Bertz CT molecular complexity index is 720. The van der Waals surface area contributed by atoms with Crippen LogP contribution in [-0.4, -0.2) is 28.5 Å². The summed E-state index contributed by atoms with van der Waals surface area (Å²) >= 11 is 0. The van der Waals surface area contributed by atoms with E-state index in [1.165, 1.54) is 147 Å². The molecule has 0 aliphatic heterocycles. The molecule has 0 radical (unpaired) electrons. The zero-order valence-corrected chi connectivity index (χ0v) is 26.2. The van der Waals surface area contributed by atoms with Gasteiger partial charge in [-0.2, -0.15) is 0 Å². The molecule has 0 aromatic heterocycles. The molecule has 0 saturated heterocycles. The maximum atomic E-state index is 12.1. The Balaban J connectivity index is 0.000000799. The highest BCUT2D eigenvalue weighted by Crippen LogP contribution is 2.20. The second kappa shape index (κ2) is 28.6. The third-order valence-electron chi connectivity index (χ3n) is 7.61. The van der Waals surface area contributed by atoms with Crippen LogP contribution in [0.5, 0.6) is 5.75 Å². The van der Waals surface area contributed by atoms with Gasteiger partial charge in [0.1, 0.15) is 11.3 Å². The Morgan fingerprint density at radius 3 is 1.35 bits per heavy atom. The summed E-state index contributed by atoms with van der Waals surface area (Å²) in [5, 5.41) is 18.4. The van der Waals surface area contributed by atoms with Crippen molar-refractivity contribution in [1.29, 1.82) is 0 Å². The lowest BCUT2D eigenvalue weighted by atomic mass is 10.0. The predicted octanol–water partition coefficient (Wildman–Crippen LogP) is 10.6. The van der Waals surface area contributed by atoms with Crippen molar-refractivity contribution < 1.29 is 19.8 Å². The van der Waals surface area contributed by atoms with Crippen molar-refractivity contribution in [3.8, 4) is 5.75 Å². The number of aromatic carboxylic acids is 1. The number of rotatable bonds is 26. The molecule has 232 valence electrons. The van der Waals surface area contributed by atoms with Gasteiger partial charge in [-0.3, -0.25) is 4.79 Å². The SMILES string of the molecule is CCCCCCCCCCCC(=O)c1ccc(O)c(C(=O)O)c1.CCCCCCCCCCCCCCCCN. The van der Waals surface area contributed by atoms with Crippen LogP contribution in [0, 0.1) is 0 Å². The third kappa shape index (κ3) is 22.9. The maximum Gasteiger partial charge on any atom is 0.339 e. The number of hydrogen-bond acceptors (Lipinski definition) is 4. The molecule has 0 atom stereocenters. The molecule has 40 heavy (non-hydrogen) atoms. The number of hydrogen-bond donors (Lipinski definition) is 3. The van der Waals surface area contributed by atoms with Gasteiger partial charge < -0.3 is 15.9 Å². The zero-order chi connectivity index (χ0) is 29.7. The normalized spacial score (nSPS) is 10.8. The number of unbranched alkanes of at least 4 members (excludes halogenated alkanes) is 21. The number of phenols is 1. The summed E-state index contributed by atoms with van der Waals surface area (Å²) in [7, 11) is 0. The Hall–Kier alpha value is -1.88. The fourth-order valence-corrected chi connectivity index (χ4v) is 4.96. The second-order valence-corrected chi connectivity index (χ2v) is 11.4. The van der Waals surface area contributed by atoms with E-state index in [0.717, 1.165) is 25.8 Å². The first-order valence-electron chi connectivity index (χ1n) is 16.8. The molecule has 0 saturated carbocycles. The van der Waals surface area contributed by atoms with Gasteiger partial charge in [0, 0.05) is 12.0 Å². The first-order chi connectivity index (χ1) is 19.5. The van der Waals surface area contributed by atoms with Gasteiger partial charge >= 0.3 is 5.97 Å². The van der Waals surface area contributed by atoms with Crippen molar-refractivity contribution in [1.82, 2.24) is 0 Å². The van der Waals surface area contributed by atoms with Crippen LogP contribution in [0.15, 0.2) is 18.2 Å². The van der Waals surface area contributed by atoms with Crippen molar-refractivity contribution in [2.45, 2.75) is 168 Å². The van der Waals surface area contributed by atoms with Crippen LogP contribution in [0.2, 0.25) is 0 Å². The van der Waals surface area contributed by atoms with Crippen molar-refractivity contribution in [2.75, 3.05) is 6.54 Å². The number of benzene rings is 1. The Morgan fingerprint density at radius 2 is 0.975 bits per heavy atom. The van der Waals surface area contributed by atoms with Gasteiger partial charge in [-0.25, -0.2) is 4.79 Å². The van der Waals surface area contributed by atoms with E-state index in [4.69, 9.17) is 10.8 Å². The third-order valence-corrected chi connectivity index (χ3v) is 7.61. The number of Topliss-reactive ketones (excluding diaryl/α,β-unsaturated/α-hetero) is 1. The fraction of sp³-hybridized carbons (Fsp3) is 0.771. The van der Waals surface area contributed by atoms with Gasteiger partial charge in [0.05, 0.1) is 0 Å². The van der Waals surface area contributed by atoms with Crippen LogP contribution < -0.4 is 5.73 Å². The molecular weight excluding hydrogens is 498 g/mol. The first-order valence-corrected chi connectivity index (χ1v) is 16.8. The van der Waals surface area contributed by atoms with E-state index < -0.39 is 5.97 Å². The molecule has 5 heteroatoms. The smallest absolute Gasteiger partial charge is 0.339 e. The molecular formula is C35H63NO4.